The Labute approximate surface area is 164 Å². The number of ether oxygens (including phenoxy) is 1. The molecule has 1 aliphatic rings. The summed E-state index contributed by atoms with van der Waals surface area (Å²) >= 11 is 0. The number of morpholine rings is 1. The number of nitrogens with zero attached hydrogens (tertiary/aromatic N) is 2. The Kier molecular flexibility index (Phi) is 6.38. The van der Waals surface area contributed by atoms with Crippen LogP contribution in [0.25, 0.3) is 0 Å². The number of aliphatic hydroxyl groups is 1. The summed E-state index contributed by atoms with van der Waals surface area (Å²) in [6.45, 7) is 4.46. The van der Waals surface area contributed by atoms with Gasteiger partial charge < -0.3 is 20.1 Å². The summed E-state index contributed by atoms with van der Waals surface area (Å²) in [6.07, 6.45) is 2.70. The maximum atomic E-state index is 12.2. The van der Waals surface area contributed by atoms with Gasteiger partial charge in [0, 0.05) is 24.6 Å². The molecular formula is C21H25N3O4. The normalized spacial score (nSPS) is 19.7. The van der Waals surface area contributed by atoms with Crippen LogP contribution in [-0.2, 0) is 9.53 Å². The third-order valence-electron chi connectivity index (χ3n) is 4.63. The maximum absolute atomic E-state index is 12.2. The van der Waals surface area contributed by atoms with Crippen molar-refractivity contribution < 1.29 is 19.4 Å². The monoisotopic (exact) mass is 383 g/mol. The van der Waals surface area contributed by atoms with E-state index < -0.39 is 12.1 Å². The molecule has 0 saturated carbocycles. The van der Waals surface area contributed by atoms with Crippen LogP contribution in [0.15, 0.2) is 48.8 Å². The maximum Gasteiger partial charge on any atom is 0.257 e. The van der Waals surface area contributed by atoms with Crippen molar-refractivity contribution in [3.05, 3.63) is 59.9 Å². The predicted molar refractivity (Wildman–Crippen MR) is 105 cm³/mol. The van der Waals surface area contributed by atoms with E-state index in [4.69, 9.17) is 4.74 Å². The van der Waals surface area contributed by atoms with Gasteiger partial charge in [-0.2, -0.15) is 0 Å². The first-order valence-corrected chi connectivity index (χ1v) is 9.33. The summed E-state index contributed by atoms with van der Waals surface area (Å²) in [6, 6.07) is 10.2. The van der Waals surface area contributed by atoms with Crippen molar-refractivity contribution in [2.75, 3.05) is 25.1 Å². The van der Waals surface area contributed by atoms with Crippen LogP contribution >= 0.6 is 0 Å². The highest BCUT2D eigenvalue weighted by atomic mass is 16.5. The molecule has 2 amide bonds. The van der Waals surface area contributed by atoms with Crippen molar-refractivity contribution in [1.82, 2.24) is 9.88 Å². The van der Waals surface area contributed by atoms with E-state index in [1.54, 1.807) is 35.4 Å². The number of nitrogens with one attached hydrogen (secondary N) is 1. The first-order chi connectivity index (χ1) is 13.5. The van der Waals surface area contributed by atoms with Crippen LogP contribution in [0.4, 0.5) is 5.69 Å². The smallest absolute Gasteiger partial charge is 0.257 e. The first-order valence-electron chi connectivity index (χ1n) is 9.33. The van der Waals surface area contributed by atoms with E-state index in [1.165, 1.54) is 6.20 Å². The molecule has 1 saturated heterocycles. The number of carbonyl (C=O) groups excluding carboxylic acids is 2. The molecule has 148 valence electrons. The molecule has 0 bridgehead atoms. The average Bonchev–Trinajstić information content (AvgIpc) is 2.70. The number of rotatable bonds is 6. The number of pyridine rings is 1. The number of aliphatic hydroxyl groups excluding tert-OH is 1. The molecule has 2 atom stereocenters. The molecule has 7 heteroatoms. The Bertz CT molecular complexity index is 808. The standard InChI is InChI=1S/C21H25N3O4/c1-14(2)11-24-18(12-25)20(28-13-19(24)26)15-5-7-17(8-6-15)23-21(27)16-4-3-9-22-10-16/h3-10,14,18,20,25H,11-13H2,1-2H3,(H,23,27). The van der Waals surface area contributed by atoms with E-state index in [-0.39, 0.29) is 25.0 Å². The second kappa shape index (κ2) is 8.95. The molecule has 7 nitrogen and oxygen atoms in total. The molecule has 1 aliphatic heterocycles. The highest BCUT2D eigenvalue weighted by Crippen LogP contribution is 2.30. The third kappa shape index (κ3) is 4.55. The fraction of sp³-hybridized carbons (Fsp3) is 0.381. The van der Waals surface area contributed by atoms with E-state index in [1.807, 2.05) is 26.0 Å². The second-order valence-corrected chi connectivity index (χ2v) is 7.24. The minimum absolute atomic E-state index is 0.00657. The lowest BCUT2D eigenvalue weighted by Gasteiger charge is -2.41. The largest absolute Gasteiger partial charge is 0.394 e. The van der Waals surface area contributed by atoms with Gasteiger partial charge in [-0.3, -0.25) is 14.6 Å². The van der Waals surface area contributed by atoms with Gasteiger partial charge in [0.05, 0.1) is 18.2 Å². The SMILES string of the molecule is CC(C)CN1C(=O)COC(c2ccc(NC(=O)c3cccnc3)cc2)C1CO. The summed E-state index contributed by atoms with van der Waals surface area (Å²) in [7, 11) is 0. The van der Waals surface area contributed by atoms with Crippen LogP contribution in [0.1, 0.15) is 35.9 Å². The van der Waals surface area contributed by atoms with Gasteiger partial charge >= 0.3 is 0 Å². The Morgan fingerprint density at radius 2 is 2.07 bits per heavy atom. The molecule has 2 aromatic rings. The van der Waals surface area contributed by atoms with E-state index in [9.17, 15) is 14.7 Å². The zero-order valence-corrected chi connectivity index (χ0v) is 16.0. The lowest BCUT2D eigenvalue weighted by molar-refractivity contribution is -0.161. The number of aromatic nitrogens is 1. The highest BCUT2D eigenvalue weighted by molar-refractivity contribution is 6.04. The summed E-state index contributed by atoms with van der Waals surface area (Å²) in [4.78, 5) is 30.1. The minimum atomic E-state index is -0.431. The Hall–Kier alpha value is -2.77. The van der Waals surface area contributed by atoms with Crippen LogP contribution < -0.4 is 5.32 Å². The number of anilines is 1. The molecule has 3 rings (SSSR count). The minimum Gasteiger partial charge on any atom is -0.394 e. The molecule has 2 unspecified atom stereocenters. The van der Waals surface area contributed by atoms with Crippen molar-refractivity contribution in [2.45, 2.75) is 26.0 Å². The lowest BCUT2D eigenvalue weighted by Crippen LogP contribution is -2.53. The Morgan fingerprint density at radius 1 is 1.32 bits per heavy atom. The van der Waals surface area contributed by atoms with Crippen molar-refractivity contribution >= 4 is 17.5 Å². The third-order valence-corrected chi connectivity index (χ3v) is 4.63. The Morgan fingerprint density at radius 3 is 2.68 bits per heavy atom. The molecule has 1 fully saturated rings. The number of hydrogen-bond acceptors (Lipinski definition) is 5. The van der Waals surface area contributed by atoms with Crippen molar-refractivity contribution in [3.63, 3.8) is 0 Å². The highest BCUT2D eigenvalue weighted by Gasteiger charge is 2.37. The molecule has 0 spiro atoms. The Balaban J connectivity index is 1.73. The zero-order chi connectivity index (χ0) is 20.1. The van der Waals surface area contributed by atoms with Crippen LogP contribution in [0.5, 0.6) is 0 Å². The average molecular weight is 383 g/mol. The van der Waals surface area contributed by atoms with Gasteiger partial charge in [0.15, 0.2) is 0 Å². The van der Waals surface area contributed by atoms with Crippen molar-refractivity contribution in [1.29, 1.82) is 0 Å². The van der Waals surface area contributed by atoms with Crippen LogP contribution in [0.3, 0.4) is 0 Å². The van der Waals surface area contributed by atoms with Gasteiger partial charge in [-0.05, 0) is 35.7 Å². The summed E-state index contributed by atoms with van der Waals surface area (Å²) < 4.78 is 5.74. The van der Waals surface area contributed by atoms with E-state index >= 15 is 0 Å². The number of amides is 2. The second-order valence-electron chi connectivity index (χ2n) is 7.24. The van der Waals surface area contributed by atoms with E-state index in [2.05, 4.69) is 10.3 Å². The zero-order valence-electron chi connectivity index (χ0n) is 16.0. The van der Waals surface area contributed by atoms with Crippen molar-refractivity contribution in [3.8, 4) is 0 Å². The van der Waals surface area contributed by atoms with Gasteiger partial charge in [0.25, 0.3) is 5.91 Å². The van der Waals surface area contributed by atoms with Gasteiger partial charge in [-0.25, -0.2) is 0 Å². The van der Waals surface area contributed by atoms with Crippen molar-refractivity contribution in [2.24, 2.45) is 5.92 Å². The predicted octanol–water partition coefficient (Wildman–Crippen LogP) is 2.25. The van der Waals surface area contributed by atoms with Gasteiger partial charge in [0.1, 0.15) is 12.7 Å². The van der Waals surface area contributed by atoms with E-state index in [0.717, 1.165) is 5.56 Å². The van der Waals surface area contributed by atoms with Crippen LogP contribution in [0.2, 0.25) is 0 Å². The van der Waals surface area contributed by atoms with Crippen LogP contribution in [-0.4, -0.2) is 52.6 Å². The fourth-order valence-electron chi connectivity index (χ4n) is 3.30. The quantitative estimate of drug-likeness (QED) is 0.798. The first kappa shape index (κ1) is 20.0. The number of benzene rings is 1. The molecule has 0 aliphatic carbocycles. The van der Waals surface area contributed by atoms with E-state index in [0.29, 0.717) is 23.7 Å². The van der Waals surface area contributed by atoms with Gasteiger partial charge in [0.2, 0.25) is 5.91 Å². The summed E-state index contributed by atoms with van der Waals surface area (Å²) in [5.41, 5.74) is 1.97. The molecule has 2 heterocycles. The molecule has 1 aromatic heterocycles. The molecule has 0 radical (unpaired) electrons. The lowest BCUT2D eigenvalue weighted by atomic mass is 9.98. The molecule has 2 N–H and O–H groups in total. The fourth-order valence-corrected chi connectivity index (χ4v) is 3.30. The van der Waals surface area contributed by atoms with Gasteiger partial charge in [-0.1, -0.05) is 26.0 Å². The molecule has 28 heavy (non-hydrogen) atoms. The molecular weight excluding hydrogens is 358 g/mol. The van der Waals surface area contributed by atoms with Crippen LogP contribution in [0, 0.1) is 5.92 Å². The van der Waals surface area contributed by atoms with Gasteiger partial charge in [-0.15, -0.1) is 0 Å². The summed E-state index contributed by atoms with van der Waals surface area (Å²) in [5.74, 6) is -0.0529. The topological polar surface area (TPSA) is 91.8 Å². The number of hydrogen-bond donors (Lipinski definition) is 2. The number of carbonyl (C=O) groups is 2. The molecule has 1 aromatic carbocycles. The summed E-state index contributed by atoms with van der Waals surface area (Å²) in [5, 5.41) is 12.7.